The fraction of sp³-hybridized carbons (Fsp3) is 0.250. The van der Waals surface area contributed by atoms with E-state index in [1.807, 2.05) is 24.3 Å². The van der Waals surface area contributed by atoms with Gasteiger partial charge in [-0.3, -0.25) is 20.0 Å². The number of benzene rings is 2. The molecule has 2 rings (SSSR count). The van der Waals surface area contributed by atoms with E-state index in [2.05, 4.69) is 10.2 Å². The molecule has 1 amide bonds. The molecule has 0 saturated carbocycles. The Hall–Kier alpha value is -2.91. The minimum atomic E-state index is -0.298. The van der Waals surface area contributed by atoms with Gasteiger partial charge < -0.3 is 15.2 Å². The summed E-state index contributed by atoms with van der Waals surface area (Å²) < 4.78 is 5.04. The molecule has 0 bridgehead atoms. The van der Waals surface area contributed by atoms with Crippen LogP contribution < -0.4 is 10.1 Å². The van der Waals surface area contributed by atoms with Crippen LogP contribution >= 0.6 is 0 Å². The van der Waals surface area contributed by atoms with Gasteiger partial charge in [-0.1, -0.05) is 30.3 Å². The third kappa shape index (κ3) is 7.37. The second-order valence-corrected chi connectivity index (χ2v) is 5.99. The molecule has 8 nitrogen and oxygen atoms in total. The van der Waals surface area contributed by atoms with Crippen LogP contribution in [0, 0.1) is 0 Å². The van der Waals surface area contributed by atoms with Crippen LogP contribution in [0.1, 0.15) is 23.1 Å². The smallest absolute Gasteiger partial charge is 0.244 e. The van der Waals surface area contributed by atoms with Crippen LogP contribution in [0.15, 0.2) is 48.5 Å². The molecule has 2 aromatic carbocycles. The summed E-state index contributed by atoms with van der Waals surface area (Å²) >= 11 is 0. The fourth-order valence-corrected chi connectivity index (χ4v) is 2.54. The van der Waals surface area contributed by atoms with Crippen molar-refractivity contribution in [2.45, 2.75) is 19.4 Å². The first-order valence-corrected chi connectivity index (χ1v) is 8.69. The van der Waals surface area contributed by atoms with Crippen molar-refractivity contribution in [2.75, 3.05) is 13.7 Å². The van der Waals surface area contributed by atoms with E-state index in [1.54, 1.807) is 18.2 Å². The molecule has 0 aliphatic heterocycles. The Morgan fingerprint density at radius 1 is 1.18 bits per heavy atom. The molecule has 0 fully saturated rings. The van der Waals surface area contributed by atoms with E-state index in [4.69, 9.17) is 15.2 Å². The molecule has 0 unspecified atom stereocenters. The zero-order chi connectivity index (χ0) is 20.4. The lowest BCUT2D eigenvalue weighted by atomic mass is 10.1. The average Bonchev–Trinajstić information content (AvgIpc) is 2.69. The van der Waals surface area contributed by atoms with E-state index >= 15 is 0 Å². The number of ether oxygens (including phenoxy) is 1. The Bertz CT molecular complexity index is 807. The highest BCUT2D eigenvalue weighted by molar-refractivity contribution is 5.91. The number of methoxy groups -OCH3 is 1. The number of nitrogens with one attached hydrogen (secondary N) is 1. The lowest BCUT2D eigenvalue weighted by Gasteiger charge is -2.08. The van der Waals surface area contributed by atoms with Crippen LogP contribution in [0.25, 0.3) is 6.08 Å². The topological polar surface area (TPSA) is 111 Å². The van der Waals surface area contributed by atoms with Gasteiger partial charge in [-0.25, -0.2) is 0 Å². The minimum Gasteiger partial charge on any atom is -0.504 e. The van der Waals surface area contributed by atoms with Gasteiger partial charge in [-0.05, 0) is 47.7 Å². The maximum absolute atomic E-state index is 12.0. The predicted molar refractivity (Wildman–Crippen MR) is 102 cm³/mol. The van der Waals surface area contributed by atoms with Crippen LogP contribution in [0.2, 0.25) is 0 Å². The molecule has 0 aliphatic carbocycles. The Balaban J connectivity index is 1.83. The van der Waals surface area contributed by atoms with Crippen molar-refractivity contribution in [3.8, 4) is 11.5 Å². The van der Waals surface area contributed by atoms with Crippen molar-refractivity contribution in [3.63, 3.8) is 0 Å². The summed E-state index contributed by atoms with van der Waals surface area (Å²) in [5.74, 6) is 0.146. The van der Waals surface area contributed by atoms with E-state index < -0.39 is 0 Å². The van der Waals surface area contributed by atoms with Crippen molar-refractivity contribution < 1.29 is 29.9 Å². The van der Waals surface area contributed by atoms with Crippen molar-refractivity contribution in [2.24, 2.45) is 0 Å². The first-order chi connectivity index (χ1) is 13.5. The zero-order valence-corrected chi connectivity index (χ0v) is 15.5. The maximum Gasteiger partial charge on any atom is 0.244 e. The number of hydrogen-bond donors (Lipinski definition) is 4. The lowest BCUT2D eigenvalue weighted by Crippen LogP contribution is -2.20. The highest BCUT2D eigenvalue weighted by Crippen LogP contribution is 2.26. The number of amides is 1. The number of phenols is 1. The molecule has 0 heterocycles. The van der Waals surface area contributed by atoms with Crippen LogP contribution in [0.5, 0.6) is 11.5 Å². The zero-order valence-electron chi connectivity index (χ0n) is 15.5. The largest absolute Gasteiger partial charge is 0.504 e. The van der Waals surface area contributed by atoms with E-state index in [9.17, 15) is 9.90 Å². The quantitative estimate of drug-likeness (QED) is 0.281. The number of carbonyl (C=O) groups excluding carboxylic acids is 1. The SMILES string of the molecule is COc1cc(/C=C/C(=O)NCc2cccc(CCCON(O)O)c2)ccc1O. The molecular formula is C20H24N2O6. The molecule has 0 saturated heterocycles. The first-order valence-electron chi connectivity index (χ1n) is 8.69. The molecule has 28 heavy (non-hydrogen) atoms. The molecule has 0 spiro atoms. The van der Waals surface area contributed by atoms with E-state index in [1.165, 1.54) is 19.3 Å². The normalized spacial score (nSPS) is 11.1. The van der Waals surface area contributed by atoms with Crippen LogP contribution in [0.4, 0.5) is 0 Å². The molecule has 0 atom stereocenters. The van der Waals surface area contributed by atoms with Gasteiger partial charge >= 0.3 is 0 Å². The molecule has 150 valence electrons. The summed E-state index contributed by atoms with van der Waals surface area (Å²) in [4.78, 5) is 16.5. The molecule has 4 N–H and O–H groups in total. The molecule has 0 aliphatic rings. The van der Waals surface area contributed by atoms with Crippen LogP contribution in [-0.4, -0.2) is 40.5 Å². The van der Waals surface area contributed by atoms with Gasteiger partial charge in [0.2, 0.25) is 5.91 Å². The molecule has 8 heteroatoms. The Morgan fingerprint density at radius 3 is 2.71 bits per heavy atom. The second-order valence-electron chi connectivity index (χ2n) is 5.99. The summed E-state index contributed by atoms with van der Waals surface area (Å²) in [5, 5.41) is 29.0. The Labute approximate surface area is 163 Å². The monoisotopic (exact) mass is 388 g/mol. The van der Waals surface area contributed by atoms with Gasteiger partial charge in [-0.15, -0.1) is 0 Å². The van der Waals surface area contributed by atoms with E-state index in [0.29, 0.717) is 25.1 Å². The number of aromatic hydroxyl groups is 1. The number of hydrogen-bond acceptors (Lipinski definition) is 7. The highest BCUT2D eigenvalue weighted by atomic mass is 17.1. The van der Waals surface area contributed by atoms with Gasteiger partial charge in [0.25, 0.3) is 0 Å². The van der Waals surface area contributed by atoms with Crippen molar-refractivity contribution in [1.82, 2.24) is 10.7 Å². The van der Waals surface area contributed by atoms with Crippen molar-refractivity contribution >= 4 is 12.0 Å². The standard InChI is InChI=1S/C20H24N2O6/c1-27-19-13-16(7-9-18(19)23)8-10-20(24)21-14-17-5-2-4-15(12-17)6-3-11-28-22(25)26/h2,4-5,7-10,12-13,23,25-26H,3,6,11,14H2,1H3,(H,21,24)/b10-8+. The second kappa shape index (κ2) is 11.1. The highest BCUT2D eigenvalue weighted by Gasteiger charge is 2.03. The average molecular weight is 388 g/mol. The van der Waals surface area contributed by atoms with Crippen molar-refractivity contribution in [1.29, 1.82) is 0 Å². The summed E-state index contributed by atoms with van der Waals surface area (Å²) in [6.45, 7) is 0.564. The van der Waals surface area contributed by atoms with Crippen LogP contribution in [-0.2, 0) is 22.6 Å². The van der Waals surface area contributed by atoms with Gasteiger partial charge in [-0.2, -0.15) is 0 Å². The van der Waals surface area contributed by atoms with E-state index in [0.717, 1.165) is 16.7 Å². The maximum atomic E-state index is 12.0. The number of nitrogens with zero attached hydrogens (tertiary/aromatic N) is 1. The molecule has 0 radical (unpaired) electrons. The molecular weight excluding hydrogens is 364 g/mol. The number of aryl methyl sites for hydroxylation is 1. The third-order valence-electron chi connectivity index (χ3n) is 3.91. The third-order valence-corrected chi connectivity index (χ3v) is 3.91. The van der Waals surface area contributed by atoms with Crippen LogP contribution in [0.3, 0.4) is 0 Å². The fourth-order valence-electron chi connectivity index (χ4n) is 2.54. The first kappa shape index (κ1) is 21.4. The minimum absolute atomic E-state index is 0.0422. The summed E-state index contributed by atoms with van der Waals surface area (Å²) in [6, 6.07) is 12.6. The van der Waals surface area contributed by atoms with Gasteiger partial charge in [0.05, 0.1) is 19.1 Å². The lowest BCUT2D eigenvalue weighted by molar-refractivity contribution is -0.492. The number of carbonyl (C=O) groups is 1. The van der Waals surface area contributed by atoms with Gasteiger partial charge in [0, 0.05) is 12.6 Å². The Morgan fingerprint density at radius 2 is 1.96 bits per heavy atom. The predicted octanol–water partition coefficient (Wildman–Crippen LogP) is 2.68. The summed E-state index contributed by atoms with van der Waals surface area (Å²) in [6.07, 6.45) is 4.38. The number of phenolic OH excluding ortho intramolecular Hbond substituents is 1. The number of rotatable bonds is 10. The summed E-state index contributed by atoms with van der Waals surface area (Å²) in [5.41, 5.74) is 2.75. The molecule has 2 aromatic rings. The van der Waals surface area contributed by atoms with Gasteiger partial charge in [0.1, 0.15) is 0 Å². The van der Waals surface area contributed by atoms with Gasteiger partial charge in [0.15, 0.2) is 11.5 Å². The molecule has 0 aromatic heterocycles. The Kier molecular flexibility index (Phi) is 8.44. The van der Waals surface area contributed by atoms with E-state index in [-0.39, 0.29) is 23.7 Å². The summed E-state index contributed by atoms with van der Waals surface area (Å²) in [7, 11) is 1.46. The van der Waals surface area contributed by atoms with Crippen molar-refractivity contribution in [3.05, 3.63) is 65.2 Å².